The fourth-order valence-corrected chi connectivity index (χ4v) is 8.85. The number of nitrogens with one attached hydrogen (secondary N) is 1. The SMILES string of the molecule is Cc1cc(C)c(S(=O)(=O)N2CCC3(CC2)C(=O)N(CC(=O)NCC2CCCCC2)CN3c2ccccc2)c(C)c1. The molecule has 3 fully saturated rings. The summed E-state index contributed by atoms with van der Waals surface area (Å²) >= 11 is 0. The Bertz CT molecular complexity index is 1320. The molecule has 0 unspecified atom stereocenters. The average Bonchev–Trinajstić information content (AvgIpc) is 3.18. The van der Waals surface area contributed by atoms with Crippen LogP contribution in [0.2, 0.25) is 0 Å². The van der Waals surface area contributed by atoms with Crippen molar-refractivity contribution in [3.05, 3.63) is 59.2 Å². The minimum Gasteiger partial charge on any atom is -0.354 e. The number of carbonyl (C=O) groups excluding carboxylic acids is 2. The van der Waals surface area contributed by atoms with Gasteiger partial charge in [-0.15, -0.1) is 0 Å². The normalized spacial score (nSPS) is 20.3. The Morgan fingerprint density at radius 3 is 2.23 bits per heavy atom. The second-order valence-electron chi connectivity index (χ2n) is 11.9. The van der Waals surface area contributed by atoms with Crippen molar-refractivity contribution in [3.8, 4) is 0 Å². The molecule has 0 radical (unpaired) electrons. The molecule has 40 heavy (non-hydrogen) atoms. The van der Waals surface area contributed by atoms with Crippen LogP contribution in [0.4, 0.5) is 5.69 Å². The molecule has 1 saturated carbocycles. The number of carbonyl (C=O) groups is 2. The zero-order chi connectivity index (χ0) is 28.5. The predicted octanol–water partition coefficient (Wildman–Crippen LogP) is 4.14. The number of amides is 2. The van der Waals surface area contributed by atoms with Crippen LogP contribution in [0.1, 0.15) is 61.6 Å². The van der Waals surface area contributed by atoms with Gasteiger partial charge in [-0.2, -0.15) is 4.31 Å². The lowest BCUT2D eigenvalue weighted by Crippen LogP contribution is -2.57. The summed E-state index contributed by atoms with van der Waals surface area (Å²) in [5.74, 6) is 0.296. The van der Waals surface area contributed by atoms with E-state index in [1.54, 1.807) is 4.90 Å². The van der Waals surface area contributed by atoms with Crippen LogP contribution in [-0.2, 0) is 19.6 Å². The highest BCUT2D eigenvalue weighted by atomic mass is 32.2. The van der Waals surface area contributed by atoms with Crippen molar-refractivity contribution in [1.82, 2.24) is 14.5 Å². The largest absolute Gasteiger partial charge is 0.354 e. The van der Waals surface area contributed by atoms with Gasteiger partial charge in [0.05, 0.1) is 11.6 Å². The molecule has 1 spiro atoms. The molecule has 0 bridgehead atoms. The summed E-state index contributed by atoms with van der Waals surface area (Å²) in [6, 6.07) is 13.6. The van der Waals surface area contributed by atoms with Crippen LogP contribution in [0.5, 0.6) is 0 Å². The van der Waals surface area contributed by atoms with Gasteiger partial charge >= 0.3 is 0 Å². The molecule has 8 nitrogen and oxygen atoms in total. The number of nitrogens with zero attached hydrogens (tertiary/aromatic N) is 3. The predicted molar refractivity (Wildman–Crippen MR) is 156 cm³/mol. The van der Waals surface area contributed by atoms with E-state index in [9.17, 15) is 18.0 Å². The fourth-order valence-electron chi connectivity index (χ4n) is 7.00. The van der Waals surface area contributed by atoms with E-state index >= 15 is 0 Å². The summed E-state index contributed by atoms with van der Waals surface area (Å²) in [4.78, 5) is 31.0. The zero-order valence-electron chi connectivity index (χ0n) is 24.0. The first kappa shape index (κ1) is 28.6. The van der Waals surface area contributed by atoms with E-state index in [0.717, 1.165) is 35.2 Å². The summed E-state index contributed by atoms with van der Waals surface area (Å²) in [5.41, 5.74) is 2.54. The van der Waals surface area contributed by atoms with E-state index < -0.39 is 15.6 Å². The van der Waals surface area contributed by atoms with Crippen molar-refractivity contribution in [2.45, 2.75) is 76.2 Å². The molecule has 2 amide bonds. The monoisotopic (exact) mass is 566 g/mol. The summed E-state index contributed by atoms with van der Waals surface area (Å²) in [6.07, 6.45) is 6.73. The highest BCUT2D eigenvalue weighted by molar-refractivity contribution is 7.89. The zero-order valence-corrected chi connectivity index (χ0v) is 24.8. The Morgan fingerprint density at radius 2 is 1.60 bits per heavy atom. The average molecular weight is 567 g/mol. The molecular formula is C31H42N4O4S. The number of aryl methyl sites for hydroxylation is 3. The lowest BCUT2D eigenvalue weighted by atomic mass is 9.86. The molecule has 3 aliphatic rings. The number of piperidine rings is 1. The number of rotatable bonds is 7. The van der Waals surface area contributed by atoms with E-state index in [4.69, 9.17) is 0 Å². The first-order valence-electron chi connectivity index (χ1n) is 14.6. The number of hydrogen-bond donors (Lipinski definition) is 1. The van der Waals surface area contributed by atoms with Gasteiger partial charge in [-0.25, -0.2) is 8.42 Å². The lowest BCUT2D eigenvalue weighted by Gasteiger charge is -2.43. The molecule has 2 aromatic carbocycles. The van der Waals surface area contributed by atoms with Crippen LogP contribution >= 0.6 is 0 Å². The Morgan fingerprint density at radius 1 is 0.975 bits per heavy atom. The topological polar surface area (TPSA) is 90.0 Å². The van der Waals surface area contributed by atoms with Gasteiger partial charge in [0.1, 0.15) is 12.1 Å². The molecule has 9 heteroatoms. The number of anilines is 1. The Balaban J connectivity index is 1.33. The second kappa shape index (κ2) is 11.5. The van der Waals surface area contributed by atoms with Gasteiger partial charge in [0.15, 0.2) is 0 Å². The van der Waals surface area contributed by atoms with Crippen LogP contribution in [0.25, 0.3) is 0 Å². The van der Waals surface area contributed by atoms with E-state index in [-0.39, 0.29) is 31.4 Å². The Labute approximate surface area is 238 Å². The molecular weight excluding hydrogens is 524 g/mol. The van der Waals surface area contributed by atoms with Crippen molar-refractivity contribution in [2.75, 3.05) is 37.7 Å². The molecule has 2 saturated heterocycles. The van der Waals surface area contributed by atoms with E-state index in [2.05, 4.69) is 10.2 Å². The molecule has 216 valence electrons. The fraction of sp³-hybridized carbons (Fsp3) is 0.548. The van der Waals surface area contributed by atoms with E-state index in [1.807, 2.05) is 63.2 Å². The van der Waals surface area contributed by atoms with Crippen molar-refractivity contribution < 1.29 is 18.0 Å². The number of benzene rings is 2. The maximum atomic E-state index is 14.0. The van der Waals surface area contributed by atoms with Gasteiger partial charge in [0, 0.05) is 25.3 Å². The van der Waals surface area contributed by atoms with Gasteiger partial charge in [0.2, 0.25) is 21.8 Å². The molecule has 0 atom stereocenters. The minimum atomic E-state index is -3.71. The lowest BCUT2D eigenvalue weighted by molar-refractivity contribution is -0.137. The molecule has 1 N–H and O–H groups in total. The van der Waals surface area contributed by atoms with Crippen LogP contribution in [-0.4, -0.2) is 67.8 Å². The Hall–Kier alpha value is -2.91. The minimum absolute atomic E-state index is 0.0143. The molecule has 0 aromatic heterocycles. The second-order valence-corrected chi connectivity index (χ2v) is 13.8. The van der Waals surface area contributed by atoms with Crippen LogP contribution < -0.4 is 10.2 Å². The van der Waals surface area contributed by atoms with Gasteiger partial charge in [0.25, 0.3) is 0 Å². The molecule has 2 aliphatic heterocycles. The van der Waals surface area contributed by atoms with Crippen molar-refractivity contribution >= 4 is 27.5 Å². The third-order valence-electron chi connectivity index (χ3n) is 8.98. The standard InChI is InChI=1S/C31H42N4O4S/c1-23-18-24(2)29(25(3)19-23)40(38,39)34-16-14-31(15-17-34)30(37)33(22-35(31)27-12-8-5-9-13-27)21-28(36)32-20-26-10-6-4-7-11-26/h5,8-9,12-13,18-19,26H,4,6-7,10-11,14-17,20-22H2,1-3H3,(H,32,36). The molecule has 1 aliphatic carbocycles. The van der Waals surface area contributed by atoms with Gasteiger partial charge in [-0.05, 0) is 75.6 Å². The molecule has 2 aromatic rings. The first-order chi connectivity index (χ1) is 19.1. The van der Waals surface area contributed by atoms with Crippen LogP contribution in [0.3, 0.4) is 0 Å². The summed E-state index contributed by atoms with van der Waals surface area (Å²) in [6.45, 7) is 7.12. The quantitative estimate of drug-likeness (QED) is 0.544. The highest BCUT2D eigenvalue weighted by Gasteiger charge is 2.55. The number of para-hydroxylation sites is 1. The molecule has 2 heterocycles. The first-order valence-corrected chi connectivity index (χ1v) is 16.0. The van der Waals surface area contributed by atoms with Crippen molar-refractivity contribution in [2.24, 2.45) is 5.92 Å². The van der Waals surface area contributed by atoms with Crippen molar-refractivity contribution in [3.63, 3.8) is 0 Å². The van der Waals surface area contributed by atoms with Gasteiger partial charge < -0.3 is 15.1 Å². The maximum Gasteiger partial charge on any atom is 0.250 e. The number of sulfonamides is 1. The van der Waals surface area contributed by atoms with Gasteiger partial charge in [-0.1, -0.05) is 55.2 Å². The van der Waals surface area contributed by atoms with Gasteiger partial charge in [-0.3, -0.25) is 9.59 Å². The Kier molecular flexibility index (Phi) is 8.25. The van der Waals surface area contributed by atoms with Crippen molar-refractivity contribution in [1.29, 1.82) is 0 Å². The van der Waals surface area contributed by atoms with Crippen LogP contribution in [0.15, 0.2) is 47.4 Å². The third kappa shape index (κ3) is 5.50. The third-order valence-corrected chi connectivity index (χ3v) is 11.2. The van der Waals surface area contributed by atoms with E-state index in [1.165, 1.54) is 23.6 Å². The summed E-state index contributed by atoms with van der Waals surface area (Å²) < 4.78 is 29.0. The highest BCUT2D eigenvalue weighted by Crippen LogP contribution is 2.41. The van der Waals surface area contributed by atoms with Crippen LogP contribution in [0, 0.1) is 26.7 Å². The molecule has 5 rings (SSSR count). The maximum absolute atomic E-state index is 14.0. The van der Waals surface area contributed by atoms with E-state index in [0.29, 0.717) is 36.9 Å². The smallest absolute Gasteiger partial charge is 0.250 e. The summed E-state index contributed by atoms with van der Waals surface area (Å²) in [7, 11) is -3.71. The number of hydrogen-bond acceptors (Lipinski definition) is 5. The summed E-state index contributed by atoms with van der Waals surface area (Å²) in [5, 5.41) is 3.07.